The smallest absolute Gasteiger partial charge is 0.385 e. The summed E-state index contributed by atoms with van der Waals surface area (Å²) in [6.45, 7) is 6.57. The van der Waals surface area contributed by atoms with Crippen molar-refractivity contribution >= 4 is 17.8 Å². The number of likely N-dealkylation sites (N-methyl/N-ethyl adjacent to an activating group) is 1. The minimum absolute atomic E-state index is 0.0387. The third-order valence-corrected chi connectivity index (χ3v) is 6.34. The van der Waals surface area contributed by atoms with Crippen molar-refractivity contribution in [3.05, 3.63) is 46.7 Å². The van der Waals surface area contributed by atoms with E-state index in [2.05, 4.69) is 10.6 Å². The molecule has 4 amide bonds. The number of halogens is 3. The van der Waals surface area contributed by atoms with Crippen molar-refractivity contribution in [1.29, 1.82) is 0 Å². The Kier molecular flexibility index (Phi) is 8.65. The Balaban J connectivity index is 2.00. The molecule has 2 heterocycles. The van der Waals surface area contributed by atoms with Crippen LogP contribution in [0.2, 0.25) is 0 Å². The lowest BCUT2D eigenvalue weighted by atomic mass is 9.91. The molecule has 0 aromatic heterocycles. The maximum Gasteiger partial charge on any atom is 0.416 e. The molecule has 8 nitrogen and oxygen atoms in total. The van der Waals surface area contributed by atoms with Crippen molar-refractivity contribution in [1.82, 2.24) is 20.4 Å². The maximum absolute atomic E-state index is 13.8. The fraction of sp³-hybridized carbons (Fsp3) is 0.560. The van der Waals surface area contributed by atoms with Crippen LogP contribution in [-0.4, -0.2) is 67.0 Å². The van der Waals surface area contributed by atoms with Crippen molar-refractivity contribution < 1.29 is 32.3 Å². The number of rotatable bonds is 10. The summed E-state index contributed by atoms with van der Waals surface area (Å²) in [4.78, 5) is 42.5. The Morgan fingerprint density at radius 3 is 2.56 bits per heavy atom. The van der Waals surface area contributed by atoms with Crippen molar-refractivity contribution in [2.75, 3.05) is 33.4 Å². The molecule has 198 valence electrons. The van der Waals surface area contributed by atoms with E-state index in [-0.39, 0.29) is 36.1 Å². The van der Waals surface area contributed by atoms with Gasteiger partial charge in [-0.1, -0.05) is 32.0 Å². The number of hydrogen-bond acceptors (Lipinski definition) is 4. The molecule has 1 aromatic rings. The SMILES string of the molecule is CCN1C(=O)N[C@H](c2ccccc2C(F)(F)F)C2=C1CN([C@@H](CC(C)C)C(=O)NCCCOC)C2=O. The minimum Gasteiger partial charge on any atom is -0.385 e. The van der Waals surface area contributed by atoms with Crippen LogP contribution in [0.25, 0.3) is 0 Å². The van der Waals surface area contributed by atoms with Gasteiger partial charge in [-0.15, -0.1) is 0 Å². The number of benzene rings is 1. The Bertz CT molecular complexity index is 1020. The standard InChI is InChI=1S/C25H33F3N4O4/c1-5-31-19-14-32(18(13-15(2)3)22(33)29-11-8-12-36-4)23(34)20(19)21(30-24(31)35)16-9-6-7-10-17(16)25(26,27)28/h6-7,9-10,15,18,21H,5,8,11-14H2,1-4H3,(H,29,33)(H,30,35)/t18-,21+/m0/s1. The zero-order valence-electron chi connectivity index (χ0n) is 20.9. The summed E-state index contributed by atoms with van der Waals surface area (Å²) in [6, 6.07) is 2.20. The predicted octanol–water partition coefficient (Wildman–Crippen LogP) is 3.46. The van der Waals surface area contributed by atoms with Gasteiger partial charge in [-0.2, -0.15) is 13.2 Å². The molecule has 2 N–H and O–H groups in total. The second kappa shape index (κ2) is 11.3. The number of amides is 4. The Morgan fingerprint density at radius 1 is 1.25 bits per heavy atom. The summed E-state index contributed by atoms with van der Waals surface area (Å²) in [6.07, 6.45) is -3.72. The summed E-state index contributed by atoms with van der Waals surface area (Å²) < 4.78 is 46.5. The van der Waals surface area contributed by atoms with Gasteiger partial charge in [-0.25, -0.2) is 4.79 Å². The monoisotopic (exact) mass is 510 g/mol. The molecule has 2 atom stereocenters. The van der Waals surface area contributed by atoms with Crippen LogP contribution in [0.4, 0.5) is 18.0 Å². The normalized spacial score (nSPS) is 19.1. The second-order valence-electron chi connectivity index (χ2n) is 9.29. The van der Waals surface area contributed by atoms with Crippen molar-refractivity contribution in [2.45, 2.75) is 51.9 Å². The van der Waals surface area contributed by atoms with Crippen LogP contribution < -0.4 is 10.6 Å². The number of hydrogen-bond donors (Lipinski definition) is 2. The van der Waals surface area contributed by atoms with E-state index in [1.54, 1.807) is 14.0 Å². The van der Waals surface area contributed by atoms with Gasteiger partial charge in [0.25, 0.3) is 5.91 Å². The molecule has 0 radical (unpaired) electrons. The van der Waals surface area contributed by atoms with Gasteiger partial charge in [0, 0.05) is 26.8 Å². The van der Waals surface area contributed by atoms with Gasteiger partial charge in [0.1, 0.15) is 6.04 Å². The Labute approximate surface area is 208 Å². The van der Waals surface area contributed by atoms with E-state index in [9.17, 15) is 27.6 Å². The van der Waals surface area contributed by atoms with E-state index in [1.165, 1.54) is 28.0 Å². The Hall–Kier alpha value is -3.08. The van der Waals surface area contributed by atoms with Gasteiger partial charge in [0.2, 0.25) is 5.91 Å². The fourth-order valence-corrected chi connectivity index (χ4v) is 4.71. The topological polar surface area (TPSA) is 91.0 Å². The van der Waals surface area contributed by atoms with Crippen LogP contribution in [0.5, 0.6) is 0 Å². The summed E-state index contributed by atoms with van der Waals surface area (Å²) in [7, 11) is 1.56. The number of alkyl halides is 3. The van der Waals surface area contributed by atoms with E-state index in [0.717, 1.165) is 6.07 Å². The Morgan fingerprint density at radius 2 is 1.94 bits per heavy atom. The van der Waals surface area contributed by atoms with Crippen molar-refractivity contribution in [3.63, 3.8) is 0 Å². The van der Waals surface area contributed by atoms with E-state index in [0.29, 0.717) is 31.7 Å². The predicted molar refractivity (Wildman–Crippen MR) is 127 cm³/mol. The molecule has 1 aromatic carbocycles. The molecule has 0 saturated carbocycles. The van der Waals surface area contributed by atoms with Gasteiger partial charge < -0.3 is 20.3 Å². The molecule has 0 spiro atoms. The van der Waals surface area contributed by atoms with Crippen LogP contribution in [0.1, 0.15) is 50.8 Å². The lowest BCUT2D eigenvalue weighted by Gasteiger charge is -2.33. The van der Waals surface area contributed by atoms with Crippen LogP contribution in [0, 0.1) is 5.92 Å². The first kappa shape index (κ1) is 27.5. The molecular weight excluding hydrogens is 477 g/mol. The number of nitrogens with one attached hydrogen (secondary N) is 2. The molecule has 0 saturated heterocycles. The van der Waals surface area contributed by atoms with Crippen LogP contribution in [0.15, 0.2) is 35.5 Å². The molecule has 0 fully saturated rings. The number of urea groups is 1. The minimum atomic E-state index is -4.67. The van der Waals surface area contributed by atoms with Gasteiger partial charge in [-0.05, 0) is 37.3 Å². The zero-order chi connectivity index (χ0) is 26.6. The van der Waals surface area contributed by atoms with Crippen LogP contribution >= 0.6 is 0 Å². The van der Waals surface area contributed by atoms with Gasteiger partial charge >= 0.3 is 12.2 Å². The molecule has 0 unspecified atom stereocenters. The zero-order valence-corrected chi connectivity index (χ0v) is 20.9. The maximum atomic E-state index is 13.8. The van der Waals surface area contributed by atoms with Crippen molar-refractivity contribution in [2.24, 2.45) is 5.92 Å². The van der Waals surface area contributed by atoms with Gasteiger partial charge in [0.05, 0.1) is 29.4 Å². The number of ether oxygens (including phenoxy) is 1. The number of methoxy groups -OCH3 is 1. The average molecular weight is 511 g/mol. The largest absolute Gasteiger partial charge is 0.416 e. The fourth-order valence-electron chi connectivity index (χ4n) is 4.71. The summed E-state index contributed by atoms with van der Waals surface area (Å²) >= 11 is 0. The number of carbonyl (C=O) groups is 3. The molecule has 3 rings (SSSR count). The molecule has 0 bridgehead atoms. The molecule has 11 heteroatoms. The lowest BCUT2D eigenvalue weighted by molar-refractivity contribution is -0.139. The number of carbonyl (C=O) groups excluding carboxylic acids is 3. The van der Waals surface area contributed by atoms with Crippen LogP contribution in [0.3, 0.4) is 0 Å². The molecule has 36 heavy (non-hydrogen) atoms. The summed E-state index contributed by atoms with van der Waals surface area (Å²) in [5.41, 5.74) is -0.738. The first-order valence-electron chi connectivity index (χ1n) is 12.1. The molecule has 2 aliphatic heterocycles. The first-order chi connectivity index (χ1) is 17.0. The quantitative estimate of drug-likeness (QED) is 0.472. The third kappa shape index (κ3) is 5.66. The van der Waals surface area contributed by atoms with E-state index < -0.39 is 35.8 Å². The molecule has 2 aliphatic rings. The third-order valence-electron chi connectivity index (χ3n) is 6.34. The van der Waals surface area contributed by atoms with Crippen molar-refractivity contribution in [3.8, 4) is 0 Å². The van der Waals surface area contributed by atoms with E-state index in [1.807, 2.05) is 13.8 Å². The van der Waals surface area contributed by atoms with Gasteiger partial charge in [0.15, 0.2) is 0 Å². The highest BCUT2D eigenvalue weighted by Crippen LogP contribution is 2.42. The lowest BCUT2D eigenvalue weighted by Crippen LogP contribution is -2.49. The van der Waals surface area contributed by atoms with E-state index in [4.69, 9.17) is 4.74 Å². The van der Waals surface area contributed by atoms with Gasteiger partial charge in [-0.3, -0.25) is 14.5 Å². The highest BCUT2D eigenvalue weighted by Gasteiger charge is 2.48. The average Bonchev–Trinajstić information content (AvgIpc) is 3.15. The summed E-state index contributed by atoms with van der Waals surface area (Å²) in [5, 5.41) is 5.42. The molecular formula is C25H33F3N4O4. The summed E-state index contributed by atoms with van der Waals surface area (Å²) in [5.74, 6) is -0.834. The highest BCUT2D eigenvalue weighted by molar-refractivity contribution is 6.03. The number of nitrogens with zero attached hydrogens (tertiary/aromatic N) is 2. The first-order valence-corrected chi connectivity index (χ1v) is 12.1. The van der Waals surface area contributed by atoms with Crippen LogP contribution in [-0.2, 0) is 20.5 Å². The van der Waals surface area contributed by atoms with E-state index >= 15 is 0 Å². The second-order valence-corrected chi connectivity index (χ2v) is 9.29. The highest BCUT2D eigenvalue weighted by atomic mass is 19.4. The molecule has 0 aliphatic carbocycles.